The summed E-state index contributed by atoms with van der Waals surface area (Å²) in [6, 6.07) is 8.95. The van der Waals surface area contributed by atoms with Gasteiger partial charge in [-0.1, -0.05) is 12.1 Å². The molecule has 1 aliphatic rings. The molecule has 1 aliphatic carbocycles. The van der Waals surface area contributed by atoms with Crippen molar-refractivity contribution in [2.75, 3.05) is 7.05 Å². The molecule has 4 rings (SSSR count). The molecule has 3 N–H and O–H groups in total. The lowest BCUT2D eigenvalue weighted by atomic mass is 10.1. The number of aromatic nitrogens is 3. The van der Waals surface area contributed by atoms with Gasteiger partial charge in [0.25, 0.3) is 0 Å². The van der Waals surface area contributed by atoms with Crippen molar-refractivity contribution in [3.8, 4) is 11.3 Å². The molecule has 8 nitrogen and oxygen atoms in total. The van der Waals surface area contributed by atoms with Gasteiger partial charge in [-0.15, -0.1) is 0 Å². The zero-order valence-corrected chi connectivity index (χ0v) is 14.9. The molecule has 2 heterocycles. The summed E-state index contributed by atoms with van der Waals surface area (Å²) in [6.45, 7) is 0. The van der Waals surface area contributed by atoms with Gasteiger partial charge in [-0.3, -0.25) is 10.1 Å². The molecule has 134 valence electrons. The summed E-state index contributed by atoms with van der Waals surface area (Å²) in [6.07, 6.45) is 4.49. The molecular formula is C17H18N5O3S+. The minimum atomic E-state index is -3.55. The van der Waals surface area contributed by atoms with E-state index in [1.54, 1.807) is 22.7 Å². The molecule has 26 heavy (non-hydrogen) atoms. The second-order valence-corrected chi connectivity index (χ2v) is 8.15. The minimum Gasteiger partial charge on any atom is -0.298 e. The van der Waals surface area contributed by atoms with E-state index in [-0.39, 0.29) is 4.90 Å². The summed E-state index contributed by atoms with van der Waals surface area (Å²) in [5.41, 5.74) is 2.12. The maximum atomic E-state index is 12.1. The first kappa shape index (κ1) is 16.8. The molecule has 1 aromatic carbocycles. The average Bonchev–Trinajstić information content (AvgIpc) is 3.37. The number of nitrogens with one attached hydrogen (secondary N) is 1. The zero-order chi connectivity index (χ0) is 18.3. The van der Waals surface area contributed by atoms with Crippen LogP contribution in [0.1, 0.15) is 23.2 Å². The number of hydrogen-bond acceptors (Lipinski definition) is 5. The van der Waals surface area contributed by atoms with Crippen LogP contribution in [0, 0.1) is 0 Å². The number of carbonyl (C=O) groups excluding carboxylic acids is 1. The quantitative estimate of drug-likeness (QED) is 0.612. The molecule has 0 saturated heterocycles. The lowest BCUT2D eigenvalue weighted by molar-refractivity contribution is -0.590. The number of rotatable bonds is 6. The lowest BCUT2D eigenvalue weighted by Crippen LogP contribution is -2.80. The van der Waals surface area contributed by atoms with Crippen LogP contribution in [-0.2, 0) is 10.0 Å². The smallest absolute Gasteiger partial charge is 0.240 e. The normalized spacial score (nSPS) is 14.7. The Kier molecular flexibility index (Phi) is 4.06. The molecule has 0 amide bonds. The first-order chi connectivity index (χ1) is 12.5. The van der Waals surface area contributed by atoms with Gasteiger partial charge in [-0.2, -0.15) is 9.61 Å². The third-order valence-electron chi connectivity index (χ3n) is 4.39. The summed E-state index contributed by atoms with van der Waals surface area (Å²) in [5, 5.41) is 6.38. The Bertz CT molecular complexity index is 1100. The number of quaternary nitrogens is 1. The van der Waals surface area contributed by atoms with Crippen molar-refractivity contribution in [1.29, 1.82) is 0 Å². The summed E-state index contributed by atoms with van der Waals surface area (Å²) in [4.78, 5) is 16.0. The Labute approximate surface area is 150 Å². The molecule has 0 unspecified atom stereocenters. The first-order valence-electron chi connectivity index (χ1n) is 8.24. The van der Waals surface area contributed by atoms with Gasteiger partial charge >= 0.3 is 0 Å². The Morgan fingerprint density at radius 2 is 2.12 bits per heavy atom. The fourth-order valence-electron chi connectivity index (χ4n) is 2.80. The molecule has 0 atom stereocenters. The summed E-state index contributed by atoms with van der Waals surface area (Å²) in [5.74, 6) is 0.850. The van der Waals surface area contributed by atoms with Crippen molar-refractivity contribution in [2.24, 2.45) is 0 Å². The van der Waals surface area contributed by atoms with Crippen LogP contribution in [0.4, 0.5) is 5.82 Å². The van der Waals surface area contributed by atoms with Crippen molar-refractivity contribution in [3.63, 3.8) is 0 Å². The predicted molar refractivity (Wildman–Crippen MR) is 94.7 cm³/mol. The molecular weight excluding hydrogens is 354 g/mol. The van der Waals surface area contributed by atoms with Crippen molar-refractivity contribution >= 4 is 27.8 Å². The molecule has 9 heteroatoms. The van der Waals surface area contributed by atoms with Crippen LogP contribution in [0.3, 0.4) is 0 Å². The number of carbonyl (C=O) groups is 1. The van der Waals surface area contributed by atoms with E-state index in [2.05, 4.69) is 20.1 Å². The van der Waals surface area contributed by atoms with E-state index in [9.17, 15) is 13.2 Å². The van der Waals surface area contributed by atoms with E-state index in [1.165, 1.54) is 19.3 Å². The van der Waals surface area contributed by atoms with Gasteiger partial charge in [0, 0.05) is 24.5 Å². The van der Waals surface area contributed by atoms with Crippen molar-refractivity contribution in [3.05, 3.63) is 42.1 Å². The number of hydrogen-bond donors (Lipinski definition) is 2. The third kappa shape index (κ3) is 3.00. The van der Waals surface area contributed by atoms with Crippen LogP contribution in [0.15, 0.2) is 41.4 Å². The van der Waals surface area contributed by atoms with Crippen LogP contribution in [0.25, 0.3) is 16.9 Å². The fraction of sp³-hybridized carbons (Fsp3) is 0.235. The van der Waals surface area contributed by atoms with Gasteiger partial charge in [0.05, 0.1) is 28.4 Å². The van der Waals surface area contributed by atoms with Crippen molar-refractivity contribution < 1.29 is 18.5 Å². The minimum absolute atomic E-state index is 0.163. The second-order valence-electron chi connectivity index (χ2n) is 6.26. The Morgan fingerprint density at radius 3 is 2.81 bits per heavy atom. The highest BCUT2D eigenvalue weighted by molar-refractivity contribution is 7.89. The van der Waals surface area contributed by atoms with E-state index < -0.39 is 10.0 Å². The van der Waals surface area contributed by atoms with Crippen LogP contribution < -0.4 is 10.0 Å². The fourth-order valence-corrected chi connectivity index (χ4v) is 3.57. The molecule has 0 radical (unpaired) electrons. The van der Waals surface area contributed by atoms with Crippen LogP contribution >= 0.6 is 0 Å². The molecule has 1 fully saturated rings. The van der Waals surface area contributed by atoms with E-state index in [4.69, 9.17) is 0 Å². The maximum absolute atomic E-state index is 12.1. The van der Waals surface area contributed by atoms with Crippen LogP contribution in [0.2, 0.25) is 0 Å². The third-order valence-corrected chi connectivity index (χ3v) is 5.80. The average molecular weight is 372 g/mol. The molecule has 1 saturated carbocycles. The number of aldehydes is 1. The summed E-state index contributed by atoms with van der Waals surface area (Å²) in [7, 11) is -2.18. The second kappa shape index (κ2) is 6.27. The largest absolute Gasteiger partial charge is 0.298 e. The standard InChI is InChI=1S/C17H17N5O3S/c1-18-26(24,25)14-4-2-3-11(7-14)15-8-16(20-13-5-6-13)22-17(21-15)12(10-23)9-19-22/h2-4,7-10,13,18,20H,5-6H2,1H3/p+1. The lowest BCUT2D eigenvalue weighted by Gasteiger charge is -2.08. The van der Waals surface area contributed by atoms with Gasteiger partial charge in [0.2, 0.25) is 15.8 Å². The number of sulfonamides is 1. The van der Waals surface area contributed by atoms with E-state index in [1.807, 2.05) is 6.07 Å². The topological polar surface area (TPSA) is 110 Å². The van der Waals surface area contributed by atoms with Gasteiger partial charge < -0.3 is 0 Å². The first-order valence-corrected chi connectivity index (χ1v) is 9.73. The monoisotopic (exact) mass is 372 g/mol. The SMILES string of the molecule is CNS(=O)(=O)c1cccc(-c2cc([NH2+]C3CC3)n3ncc(C=O)c3n2)c1. The Morgan fingerprint density at radius 1 is 1.31 bits per heavy atom. The van der Waals surface area contributed by atoms with Gasteiger partial charge in [0.15, 0.2) is 11.9 Å². The molecule has 0 aliphatic heterocycles. The van der Waals surface area contributed by atoms with Crippen LogP contribution in [0.5, 0.6) is 0 Å². The Balaban J connectivity index is 1.88. The van der Waals surface area contributed by atoms with E-state index >= 15 is 0 Å². The number of benzene rings is 1. The van der Waals surface area contributed by atoms with Crippen LogP contribution in [-0.4, -0.2) is 42.4 Å². The molecule has 2 aromatic heterocycles. The molecule has 0 spiro atoms. The highest BCUT2D eigenvalue weighted by Gasteiger charge is 2.28. The van der Waals surface area contributed by atoms with Crippen molar-refractivity contribution in [2.45, 2.75) is 23.8 Å². The summed E-state index contributed by atoms with van der Waals surface area (Å²) < 4.78 is 28.1. The molecule has 0 bridgehead atoms. The maximum Gasteiger partial charge on any atom is 0.240 e. The number of nitrogens with two attached hydrogens (primary N) is 1. The summed E-state index contributed by atoms with van der Waals surface area (Å²) >= 11 is 0. The van der Waals surface area contributed by atoms with Crippen molar-refractivity contribution in [1.82, 2.24) is 19.3 Å². The zero-order valence-electron chi connectivity index (χ0n) is 14.1. The number of fused-ring (bicyclic) bond motifs is 1. The van der Waals surface area contributed by atoms with Gasteiger partial charge in [-0.05, 0) is 19.2 Å². The number of nitrogens with zero attached hydrogens (tertiary/aromatic N) is 3. The van der Waals surface area contributed by atoms with Gasteiger partial charge in [-0.25, -0.2) is 18.1 Å². The predicted octanol–water partition coefficient (Wildman–Crippen LogP) is 0.474. The Hall–Kier alpha value is -2.62. The molecule has 3 aromatic rings. The van der Waals surface area contributed by atoms with Gasteiger partial charge in [0.1, 0.15) is 0 Å². The highest BCUT2D eigenvalue weighted by atomic mass is 32.2. The van der Waals surface area contributed by atoms with E-state index in [0.29, 0.717) is 28.5 Å². The van der Waals surface area contributed by atoms with E-state index in [0.717, 1.165) is 24.9 Å². The highest BCUT2D eigenvalue weighted by Crippen LogP contribution is 2.25.